The summed E-state index contributed by atoms with van der Waals surface area (Å²) in [6, 6.07) is -0.853. The van der Waals surface area contributed by atoms with Gasteiger partial charge in [-0.2, -0.15) is 4.98 Å². The van der Waals surface area contributed by atoms with Crippen molar-refractivity contribution in [3.05, 3.63) is 21.6 Å². The fraction of sp³-hybridized carbons (Fsp3) is 0.600. The van der Waals surface area contributed by atoms with Crippen LogP contribution < -0.4 is 11.3 Å². The Balaban J connectivity index is 1.99. The molecule has 13 heteroatoms. The van der Waals surface area contributed by atoms with Crippen LogP contribution in [0.3, 0.4) is 0 Å². The van der Waals surface area contributed by atoms with E-state index in [1.54, 1.807) is 13.8 Å². The fourth-order valence-corrected chi connectivity index (χ4v) is 2.57. The second-order valence-corrected chi connectivity index (χ2v) is 6.41. The maximum atomic E-state index is 12.2. The molecule has 28 heavy (non-hydrogen) atoms. The SMILES string of the molecule is CC(C)[C@@H](C(=O)OCC(CO)OCn1cnc2c(=O)[nH]c(N)nc21)N(C)N=O. The Hall–Kier alpha value is -3.06. The van der Waals surface area contributed by atoms with E-state index in [9.17, 15) is 19.6 Å². The Morgan fingerprint density at radius 2 is 2.21 bits per heavy atom. The average molecular weight is 397 g/mol. The first-order valence-electron chi connectivity index (χ1n) is 8.44. The largest absolute Gasteiger partial charge is 0.461 e. The third kappa shape index (κ3) is 4.80. The maximum Gasteiger partial charge on any atom is 0.330 e. The molecule has 154 valence electrons. The first-order valence-corrected chi connectivity index (χ1v) is 8.44. The molecule has 2 atom stereocenters. The Morgan fingerprint density at radius 3 is 2.82 bits per heavy atom. The van der Waals surface area contributed by atoms with Gasteiger partial charge in [0.2, 0.25) is 5.95 Å². The van der Waals surface area contributed by atoms with E-state index in [-0.39, 0.29) is 36.4 Å². The highest BCUT2D eigenvalue weighted by atomic mass is 16.6. The number of nitrogen functional groups attached to an aromatic ring is 1. The number of esters is 1. The number of nitrogens with one attached hydrogen (secondary N) is 1. The summed E-state index contributed by atoms with van der Waals surface area (Å²) < 4.78 is 12.1. The number of fused-ring (bicyclic) bond motifs is 1. The van der Waals surface area contributed by atoms with Crippen LogP contribution >= 0.6 is 0 Å². The van der Waals surface area contributed by atoms with Crippen molar-refractivity contribution >= 4 is 23.1 Å². The Bertz CT molecular complexity index is 879. The van der Waals surface area contributed by atoms with Gasteiger partial charge in [0.05, 0.1) is 18.2 Å². The van der Waals surface area contributed by atoms with Crippen molar-refractivity contribution in [1.82, 2.24) is 24.5 Å². The van der Waals surface area contributed by atoms with Crippen LogP contribution in [-0.2, 0) is 21.0 Å². The van der Waals surface area contributed by atoms with Crippen molar-refractivity contribution in [3.63, 3.8) is 0 Å². The lowest BCUT2D eigenvalue weighted by atomic mass is 10.0. The lowest BCUT2D eigenvalue weighted by molar-refractivity contribution is -0.158. The third-order valence-corrected chi connectivity index (χ3v) is 3.96. The number of carbonyl (C=O) groups excluding carboxylic acids is 1. The van der Waals surface area contributed by atoms with E-state index < -0.39 is 30.3 Å². The van der Waals surface area contributed by atoms with Crippen LogP contribution in [-0.4, -0.2) is 68.0 Å². The molecule has 0 saturated heterocycles. The molecule has 2 rings (SSSR count). The topological polar surface area (TPSA) is 178 Å². The number of anilines is 1. The quantitative estimate of drug-likeness (QED) is 0.261. The van der Waals surface area contributed by atoms with E-state index in [4.69, 9.17) is 15.2 Å². The van der Waals surface area contributed by atoms with Crippen LogP contribution in [0.15, 0.2) is 16.4 Å². The van der Waals surface area contributed by atoms with Gasteiger partial charge in [-0.1, -0.05) is 13.8 Å². The molecule has 13 nitrogen and oxygen atoms in total. The molecule has 0 aromatic carbocycles. The lowest BCUT2D eigenvalue weighted by Crippen LogP contribution is -2.41. The number of imidazole rings is 1. The van der Waals surface area contributed by atoms with E-state index in [1.165, 1.54) is 17.9 Å². The minimum atomic E-state index is -0.853. The predicted molar refractivity (Wildman–Crippen MR) is 97.7 cm³/mol. The summed E-state index contributed by atoms with van der Waals surface area (Å²) in [4.78, 5) is 44.9. The van der Waals surface area contributed by atoms with Crippen LogP contribution in [0.1, 0.15) is 13.8 Å². The summed E-state index contributed by atoms with van der Waals surface area (Å²) in [6.07, 6.45) is 0.495. The number of H-pyrrole nitrogens is 1. The second-order valence-electron chi connectivity index (χ2n) is 6.41. The third-order valence-electron chi connectivity index (χ3n) is 3.96. The van der Waals surface area contributed by atoms with E-state index in [0.717, 1.165) is 5.01 Å². The first-order chi connectivity index (χ1) is 13.3. The van der Waals surface area contributed by atoms with Gasteiger partial charge in [-0.3, -0.25) is 14.3 Å². The van der Waals surface area contributed by atoms with Gasteiger partial charge in [-0.15, -0.1) is 4.91 Å². The number of aromatic nitrogens is 4. The minimum Gasteiger partial charge on any atom is -0.461 e. The number of aliphatic hydroxyl groups is 1. The first kappa shape index (κ1) is 21.2. The summed E-state index contributed by atoms with van der Waals surface area (Å²) in [5.74, 6) is -0.941. The Kier molecular flexibility index (Phi) is 7.00. The van der Waals surface area contributed by atoms with Crippen molar-refractivity contribution in [2.45, 2.75) is 32.7 Å². The molecule has 0 amide bonds. The fourth-order valence-electron chi connectivity index (χ4n) is 2.57. The van der Waals surface area contributed by atoms with E-state index in [1.807, 2.05) is 0 Å². The van der Waals surface area contributed by atoms with Crippen molar-refractivity contribution in [1.29, 1.82) is 0 Å². The molecule has 0 fully saturated rings. The number of nitrogens with zero attached hydrogens (tertiary/aromatic N) is 5. The molecule has 0 aliphatic rings. The van der Waals surface area contributed by atoms with Crippen LogP contribution in [0.5, 0.6) is 0 Å². The molecule has 0 aliphatic carbocycles. The van der Waals surface area contributed by atoms with Gasteiger partial charge in [-0.05, 0) is 5.92 Å². The number of nitroso groups, excluding NO2 is 1. The summed E-state index contributed by atoms with van der Waals surface area (Å²) in [5.41, 5.74) is 5.35. The van der Waals surface area contributed by atoms with Gasteiger partial charge in [0.1, 0.15) is 25.5 Å². The van der Waals surface area contributed by atoms with Crippen molar-refractivity contribution in [2.75, 3.05) is 26.0 Å². The number of rotatable bonds is 10. The zero-order chi connectivity index (χ0) is 20.8. The zero-order valence-corrected chi connectivity index (χ0v) is 15.7. The molecule has 0 saturated carbocycles. The summed E-state index contributed by atoms with van der Waals surface area (Å²) >= 11 is 0. The van der Waals surface area contributed by atoms with Crippen molar-refractivity contribution < 1.29 is 19.4 Å². The summed E-state index contributed by atoms with van der Waals surface area (Å²) in [6.45, 7) is 2.72. The van der Waals surface area contributed by atoms with Gasteiger partial charge in [0, 0.05) is 7.05 Å². The maximum absolute atomic E-state index is 12.2. The van der Waals surface area contributed by atoms with Gasteiger partial charge in [0.25, 0.3) is 5.56 Å². The smallest absolute Gasteiger partial charge is 0.330 e. The lowest BCUT2D eigenvalue weighted by Gasteiger charge is -2.25. The normalized spacial score (nSPS) is 13.5. The van der Waals surface area contributed by atoms with Crippen LogP contribution in [0.4, 0.5) is 5.95 Å². The van der Waals surface area contributed by atoms with E-state index in [2.05, 4.69) is 20.2 Å². The standard InChI is InChI=1S/C15H23N7O6/c1-8(2)11(21(3)20-26)14(25)27-5-9(4-23)28-7-22-6-17-10-12(22)18-15(16)19-13(10)24/h6,8-9,11,23H,4-5,7H2,1-3H3,(H3,16,18,19,24)/t9?,11-/m0/s1. The zero-order valence-electron chi connectivity index (χ0n) is 15.7. The van der Waals surface area contributed by atoms with Crippen LogP contribution in [0.25, 0.3) is 11.2 Å². The molecular weight excluding hydrogens is 374 g/mol. The predicted octanol–water partition coefficient (Wildman–Crippen LogP) is -0.782. The molecule has 0 bridgehead atoms. The van der Waals surface area contributed by atoms with Gasteiger partial charge in [-0.25, -0.2) is 14.8 Å². The number of hydrogen-bond acceptors (Lipinski definition) is 10. The number of aromatic amines is 1. The summed E-state index contributed by atoms with van der Waals surface area (Å²) in [7, 11) is 1.38. The number of likely N-dealkylation sites (N-methyl/N-ethyl adjacent to an activating group) is 1. The number of hydrogen-bond donors (Lipinski definition) is 3. The molecule has 0 aliphatic heterocycles. The van der Waals surface area contributed by atoms with Crippen LogP contribution in [0.2, 0.25) is 0 Å². The van der Waals surface area contributed by atoms with E-state index >= 15 is 0 Å². The Labute approximate surface area is 159 Å². The Morgan fingerprint density at radius 1 is 1.50 bits per heavy atom. The van der Waals surface area contributed by atoms with Crippen molar-refractivity contribution in [2.24, 2.45) is 11.2 Å². The van der Waals surface area contributed by atoms with Crippen LogP contribution in [0, 0.1) is 10.8 Å². The second kappa shape index (κ2) is 9.23. The van der Waals surface area contributed by atoms with Gasteiger partial charge >= 0.3 is 5.97 Å². The average Bonchev–Trinajstić information content (AvgIpc) is 3.04. The highest BCUT2D eigenvalue weighted by molar-refractivity contribution is 5.76. The monoisotopic (exact) mass is 397 g/mol. The molecule has 2 aromatic heterocycles. The number of carbonyl (C=O) groups is 1. The van der Waals surface area contributed by atoms with Gasteiger partial charge < -0.3 is 20.3 Å². The molecule has 0 radical (unpaired) electrons. The molecule has 4 N–H and O–H groups in total. The minimum absolute atomic E-state index is 0.0699. The highest BCUT2D eigenvalue weighted by Gasteiger charge is 2.29. The van der Waals surface area contributed by atoms with Gasteiger partial charge in [0.15, 0.2) is 11.2 Å². The number of ether oxygens (including phenoxy) is 2. The molecule has 1 unspecified atom stereocenters. The van der Waals surface area contributed by atoms with Crippen molar-refractivity contribution in [3.8, 4) is 0 Å². The van der Waals surface area contributed by atoms with E-state index in [0.29, 0.717) is 0 Å². The molecule has 2 heterocycles. The number of aliphatic hydroxyl groups excluding tert-OH is 1. The molecular formula is C15H23N7O6. The number of nitrogens with two attached hydrogens (primary N) is 1. The molecule has 0 spiro atoms. The summed E-state index contributed by atoms with van der Waals surface area (Å²) in [5, 5.41) is 13.2. The molecule has 2 aromatic rings. The highest BCUT2D eigenvalue weighted by Crippen LogP contribution is 2.12.